The highest BCUT2D eigenvalue weighted by atomic mass is 14.1. The zero-order chi connectivity index (χ0) is 19.7. The minimum Gasteiger partial charge on any atom is -0.0616 e. The van der Waals surface area contributed by atoms with Gasteiger partial charge in [0.2, 0.25) is 0 Å². The van der Waals surface area contributed by atoms with Crippen LogP contribution in [0.25, 0.3) is 64.6 Å². The molecule has 0 bridgehead atoms. The fraction of sp³-hybridized carbons (Fsp3) is 0. The van der Waals surface area contributed by atoms with Gasteiger partial charge in [0.25, 0.3) is 0 Å². The van der Waals surface area contributed by atoms with Gasteiger partial charge in [0.15, 0.2) is 0 Å². The number of rotatable bonds is 0. The summed E-state index contributed by atoms with van der Waals surface area (Å²) in [6.45, 7) is 0. The Balaban J connectivity index is 1.73. The Morgan fingerprint density at radius 1 is 0.267 bits per heavy atom. The second-order valence-corrected chi connectivity index (χ2v) is 8.19. The summed E-state index contributed by atoms with van der Waals surface area (Å²) in [5.74, 6) is 0. The van der Waals surface area contributed by atoms with Gasteiger partial charge in [-0.3, -0.25) is 0 Å². The Morgan fingerprint density at radius 2 is 0.800 bits per heavy atom. The molecular formula is C30H18. The van der Waals surface area contributed by atoms with Gasteiger partial charge in [-0.15, -0.1) is 0 Å². The first-order chi connectivity index (χ1) is 14.9. The summed E-state index contributed by atoms with van der Waals surface area (Å²) in [7, 11) is 0. The Labute approximate surface area is 174 Å². The quantitative estimate of drug-likeness (QED) is 0.183. The molecule has 0 saturated heterocycles. The van der Waals surface area contributed by atoms with Crippen molar-refractivity contribution in [2.75, 3.05) is 0 Å². The molecule has 0 N–H and O–H groups in total. The topological polar surface area (TPSA) is 0 Å². The third-order valence-electron chi connectivity index (χ3n) is 6.59. The maximum atomic E-state index is 2.41. The maximum Gasteiger partial charge on any atom is -0.00264 e. The first kappa shape index (κ1) is 16.0. The van der Waals surface area contributed by atoms with E-state index in [2.05, 4.69) is 109 Å². The van der Waals surface area contributed by atoms with Crippen LogP contribution in [0, 0.1) is 0 Å². The van der Waals surface area contributed by atoms with Crippen molar-refractivity contribution in [2.45, 2.75) is 0 Å². The van der Waals surface area contributed by atoms with Gasteiger partial charge in [0.1, 0.15) is 0 Å². The number of hydrogen-bond donors (Lipinski definition) is 0. The van der Waals surface area contributed by atoms with Crippen molar-refractivity contribution in [3.63, 3.8) is 0 Å². The molecule has 0 nitrogen and oxygen atoms in total. The van der Waals surface area contributed by atoms with Crippen molar-refractivity contribution >= 4 is 64.6 Å². The molecule has 0 heterocycles. The van der Waals surface area contributed by atoms with Crippen LogP contribution in [-0.2, 0) is 0 Å². The minimum absolute atomic E-state index is 1.29. The minimum atomic E-state index is 1.29. The largest absolute Gasteiger partial charge is 0.0616 e. The maximum absolute atomic E-state index is 2.41. The monoisotopic (exact) mass is 378 g/mol. The predicted octanol–water partition coefficient (Wildman–Crippen LogP) is 8.61. The summed E-state index contributed by atoms with van der Waals surface area (Å²) in [6, 6.07) is 40.2. The fourth-order valence-corrected chi connectivity index (χ4v) is 5.15. The molecule has 0 radical (unpaired) electrons. The van der Waals surface area contributed by atoms with Crippen LogP contribution >= 0.6 is 0 Å². The molecule has 0 aliphatic rings. The standard InChI is InChI=1S/C30H18/c1-3-7-24-20(6-1)13-16-27-26(24)15-14-21-10-12-23-17-22-11-9-19-5-2-4-8-25(19)28(22)18-29(23)30(21)27/h1-18H. The highest BCUT2D eigenvalue weighted by Crippen LogP contribution is 2.38. The number of benzene rings is 7. The molecule has 0 aliphatic carbocycles. The van der Waals surface area contributed by atoms with Gasteiger partial charge < -0.3 is 0 Å². The lowest BCUT2D eigenvalue weighted by atomic mass is 9.91. The lowest BCUT2D eigenvalue weighted by Crippen LogP contribution is -1.84. The molecule has 0 amide bonds. The molecule has 7 aromatic carbocycles. The van der Waals surface area contributed by atoms with Crippen LogP contribution in [0.1, 0.15) is 0 Å². The molecule has 0 fully saturated rings. The van der Waals surface area contributed by atoms with Crippen LogP contribution in [0.15, 0.2) is 109 Å². The lowest BCUT2D eigenvalue weighted by Gasteiger charge is -2.12. The van der Waals surface area contributed by atoms with Crippen LogP contribution in [0.3, 0.4) is 0 Å². The molecule has 7 rings (SSSR count). The van der Waals surface area contributed by atoms with E-state index in [1.165, 1.54) is 64.6 Å². The van der Waals surface area contributed by atoms with E-state index in [1.807, 2.05) is 0 Å². The summed E-state index contributed by atoms with van der Waals surface area (Å²) in [5, 5.41) is 15.8. The van der Waals surface area contributed by atoms with Gasteiger partial charge in [-0.25, -0.2) is 0 Å². The van der Waals surface area contributed by atoms with Gasteiger partial charge >= 0.3 is 0 Å². The second kappa shape index (κ2) is 5.81. The zero-order valence-corrected chi connectivity index (χ0v) is 16.4. The van der Waals surface area contributed by atoms with Crippen molar-refractivity contribution in [2.24, 2.45) is 0 Å². The van der Waals surface area contributed by atoms with Crippen LogP contribution in [-0.4, -0.2) is 0 Å². The number of hydrogen-bond acceptors (Lipinski definition) is 0. The van der Waals surface area contributed by atoms with Crippen molar-refractivity contribution in [3.8, 4) is 0 Å². The smallest absolute Gasteiger partial charge is 0.00264 e. The Kier molecular flexibility index (Phi) is 3.09. The fourth-order valence-electron chi connectivity index (χ4n) is 5.15. The predicted molar refractivity (Wildman–Crippen MR) is 131 cm³/mol. The van der Waals surface area contributed by atoms with Crippen molar-refractivity contribution in [1.82, 2.24) is 0 Å². The molecule has 0 unspecified atom stereocenters. The van der Waals surface area contributed by atoms with Gasteiger partial charge in [-0.2, -0.15) is 0 Å². The van der Waals surface area contributed by atoms with Crippen molar-refractivity contribution < 1.29 is 0 Å². The average Bonchev–Trinajstić information content (AvgIpc) is 2.82. The summed E-state index contributed by atoms with van der Waals surface area (Å²) >= 11 is 0. The van der Waals surface area contributed by atoms with E-state index in [4.69, 9.17) is 0 Å². The molecule has 0 aromatic heterocycles. The van der Waals surface area contributed by atoms with E-state index in [9.17, 15) is 0 Å². The van der Waals surface area contributed by atoms with E-state index >= 15 is 0 Å². The number of fused-ring (bicyclic) bond motifs is 10. The van der Waals surface area contributed by atoms with Crippen molar-refractivity contribution in [3.05, 3.63) is 109 Å². The molecule has 0 spiro atoms. The molecule has 138 valence electrons. The third kappa shape index (κ3) is 2.11. The molecular weight excluding hydrogens is 360 g/mol. The van der Waals surface area contributed by atoms with Gasteiger partial charge in [0.05, 0.1) is 0 Å². The van der Waals surface area contributed by atoms with Crippen LogP contribution in [0.5, 0.6) is 0 Å². The summed E-state index contributed by atoms with van der Waals surface area (Å²) in [4.78, 5) is 0. The van der Waals surface area contributed by atoms with Crippen molar-refractivity contribution in [1.29, 1.82) is 0 Å². The molecule has 30 heavy (non-hydrogen) atoms. The van der Waals surface area contributed by atoms with Gasteiger partial charge in [-0.05, 0) is 76.8 Å². The Morgan fingerprint density at radius 3 is 1.60 bits per heavy atom. The van der Waals surface area contributed by atoms with Crippen LogP contribution < -0.4 is 0 Å². The SMILES string of the molecule is c1ccc2c(c1)ccc1cc3ccc4ccc5c6ccccc6ccc5c4c3cc12. The summed E-state index contributed by atoms with van der Waals surface area (Å²) in [6.07, 6.45) is 0. The average molecular weight is 378 g/mol. The third-order valence-corrected chi connectivity index (χ3v) is 6.59. The summed E-state index contributed by atoms with van der Waals surface area (Å²) in [5.41, 5.74) is 0. The van der Waals surface area contributed by atoms with Gasteiger partial charge in [-0.1, -0.05) is 97.1 Å². The van der Waals surface area contributed by atoms with Crippen LogP contribution in [0.4, 0.5) is 0 Å². The Hall–Kier alpha value is -3.90. The van der Waals surface area contributed by atoms with Gasteiger partial charge in [0, 0.05) is 0 Å². The van der Waals surface area contributed by atoms with E-state index in [1.54, 1.807) is 0 Å². The van der Waals surface area contributed by atoms with E-state index in [-0.39, 0.29) is 0 Å². The summed E-state index contributed by atoms with van der Waals surface area (Å²) < 4.78 is 0. The highest BCUT2D eigenvalue weighted by Gasteiger charge is 2.10. The molecule has 0 saturated carbocycles. The second-order valence-electron chi connectivity index (χ2n) is 8.19. The molecule has 7 aromatic rings. The lowest BCUT2D eigenvalue weighted by molar-refractivity contribution is 1.78. The van der Waals surface area contributed by atoms with E-state index in [0.29, 0.717) is 0 Å². The first-order valence-electron chi connectivity index (χ1n) is 10.5. The van der Waals surface area contributed by atoms with E-state index in [0.717, 1.165) is 0 Å². The Bertz CT molecular complexity index is 1790. The molecule has 0 heteroatoms. The van der Waals surface area contributed by atoms with E-state index < -0.39 is 0 Å². The molecule has 0 atom stereocenters. The van der Waals surface area contributed by atoms with Crippen LogP contribution in [0.2, 0.25) is 0 Å². The zero-order valence-electron chi connectivity index (χ0n) is 16.4. The highest BCUT2D eigenvalue weighted by molar-refractivity contribution is 6.26. The normalized spacial score (nSPS) is 12.0. The first-order valence-corrected chi connectivity index (χ1v) is 10.5. The molecule has 0 aliphatic heterocycles.